The lowest BCUT2D eigenvalue weighted by atomic mass is 9.85. The molecule has 3 aromatic rings. The maximum atomic E-state index is 12.4. The molecule has 1 amide bonds. The van der Waals surface area contributed by atoms with Crippen molar-refractivity contribution < 1.29 is 9.53 Å². The highest BCUT2D eigenvalue weighted by Gasteiger charge is 2.28. The minimum Gasteiger partial charge on any atom is -0.445 e. The number of aromatic nitrogens is 3. The first kappa shape index (κ1) is 26.2. The zero-order valence-electron chi connectivity index (χ0n) is 21.2. The lowest BCUT2D eigenvalue weighted by Gasteiger charge is -2.29. The summed E-state index contributed by atoms with van der Waals surface area (Å²) in [6.07, 6.45) is 18.9. The number of allylic oxidation sites excluding steroid dienone is 1. The van der Waals surface area contributed by atoms with Crippen molar-refractivity contribution in [3.8, 4) is 0 Å². The summed E-state index contributed by atoms with van der Waals surface area (Å²) in [5.74, 6) is 1.21. The van der Waals surface area contributed by atoms with E-state index >= 15 is 0 Å². The van der Waals surface area contributed by atoms with Gasteiger partial charge >= 0.3 is 6.09 Å². The monoisotopic (exact) mass is 508 g/mol. The third kappa shape index (κ3) is 7.10. The summed E-state index contributed by atoms with van der Waals surface area (Å²) in [5, 5.41) is 3.53. The zero-order valence-corrected chi connectivity index (χ0v) is 21.9. The number of fused-ring (bicyclic) bond motifs is 1. The second-order valence-corrected chi connectivity index (χ2v) is 10.0. The summed E-state index contributed by atoms with van der Waals surface area (Å²) in [6.45, 7) is 2.51. The van der Waals surface area contributed by atoms with E-state index in [0.29, 0.717) is 5.15 Å². The third-order valence-corrected chi connectivity index (χ3v) is 7.20. The van der Waals surface area contributed by atoms with Crippen LogP contribution in [0.3, 0.4) is 0 Å². The fraction of sp³-hybridized carbons (Fsp3) is 0.483. The molecule has 1 fully saturated rings. The Morgan fingerprint density at radius 2 is 1.97 bits per heavy atom. The van der Waals surface area contributed by atoms with Crippen molar-refractivity contribution in [1.29, 1.82) is 0 Å². The summed E-state index contributed by atoms with van der Waals surface area (Å²) in [4.78, 5) is 21.6. The van der Waals surface area contributed by atoms with Gasteiger partial charge in [0.1, 0.15) is 17.9 Å². The number of ether oxygens (including phenoxy) is 1. The molecule has 4 rings (SSSR count). The van der Waals surface area contributed by atoms with Crippen LogP contribution in [0.4, 0.5) is 4.79 Å². The number of imidazole rings is 1. The van der Waals surface area contributed by atoms with Gasteiger partial charge in [-0.1, -0.05) is 87.0 Å². The first-order valence-corrected chi connectivity index (χ1v) is 13.7. The standard InChI is InChI=1S/C29H37ClN4O2/c1-2-3-4-5-6-7-11-17-25-19-31-27(30)26-20-32-28(34(25)26)23-15-12-16-24(18-23)33-29(35)36-21-22-13-9-8-10-14-22/h8-11,13-14,17,19-20,23-24H,2-7,12,15-16,18,21H2,1H3,(H,33,35)/b17-11+/t23-,24-/m1/s1. The molecular weight excluding hydrogens is 472 g/mol. The van der Waals surface area contributed by atoms with Gasteiger partial charge in [-0.3, -0.25) is 4.40 Å². The van der Waals surface area contributed by atoms with E-state index in [1.807, 2.05) is 42.7 Å². The van der Waals surface area contributed by atoms with Gasteiger partial charge in [0.15, 0.2) is 5.15 Å². The molecule has 1 aromatic carbocycles. The average Bonchev–Trinajstić information content (AvgIpc) is 3.35. The zero-order chi connectivity index (χ0) is 25.2. The maximum Gasteiger partial charge on any atom is 0.407 e. The molecule has 0 unspecified atom stereocenters. The van der Waals surface area contributed by atoms with Crippen LogP contribution in [0.25, 0.3) is 11.6 Å². The van der Waals surface area contributed by atoms with Crippen LogP contribution in [0.1, 0.15) is 94.1 Å². The van der Waals surface area contributed by atoms with Crippen molar-refractivity contribution in [2.75, 3.05) is 0 Å². The van der Waals surface area contributed by atoms with E-state index < -0.39 is 0 Å². The van der Waals surface area contributed by atoms with Crippen LogP contribution in [0.5, 0.6) is 0 Å². The van der Waals surface area contributed by atoms with E-state index in [0.717, 1.165) is 54.7 Å². The molecule has 1 aliphatic carbocycles. The fourth-order valence-corrected chi connectivity index (χ4v) is 5.17. The number of rotatable bonds is 11. The largest absolute Gasteiger partial charge is 0.445 e. The Morgan fingerprint density at radius 3 is 2.81 bits per heavy atom. The van der Waals surface area contributed by atoms with E-state index in [-0.39, 0.29) is 24.7 Å². The van der Waals surface area contributed by atoms with Crippen molar-refractivity contribution in [2.24, 2.45) is 0 Å². The highest BCUT2D eigenvalue weighted by Crippen LogP contribution is 2.34. The SMILES string of the molecule is CCCCCCC/C=C/c1cnc(Cl)c2cnc([C@@H]3CCC[C@@H](NC(=O)OCc4ccccc4)C3)n12. The molecule has 2 atom stereocenters. The van der Waals surface area contributed by atoms with Crippen LogP contribution in [-0.4, -0.2) is 26.5 Å². The summed E-state index contributed by atoms with van der Waals surface area (Å²) in [5.41, 5.74) is 2.80. The van der Waals surface area contributed by atoms with Gasteiger partial charge in [-0.05, 0) is 43.7 Å². The lowest BCUT2D eigenvalue weighted by molar-refractivity contribution is 0.132. The van der Waals surface area contributed by atoms with Gasteiger partial charge in [0.25, 0.3) is 0 Å². The predicted octanol–water partition coefficient (Wildman–Crippen LogP) is 7.71. The van der Waals surface area contributed by atoms with Gasteiger partial charge in [-0.15, -0.1) is 0 Å². The van der Waals surface area contributed by atoms with Gasteiger partial charge in [0.05, 0.1) is 18.1 Å². The van der Waals surface area contributed by atoms with Crippen molar-refractivity contribution in [3.63, 3.8) is 0 Å². The number of alkyl carbamates (subject to hydrolysis) is 1. The smallest absolute Gasteiger partial charge is 0.407 e. The summed E-state index contributed by atoms with van der Waals surface area (Å²) in [7, 11) is 0. The molecule has 1 saturated carbocycles. The average molecular weight is 509 g/mol. The molecule has 0 spiro atoms. The lowest BCUT2D eigenvalue weighted by Crippen LogP contribution is -2.38. The Hall–Kier alpha value is -2.86. The molecule has 0 radical (unpaired) electrons. The molecule has 6 nitrogen and oxygen atoms in total. The van der Waals surface area contributed by atoms with Crippen LogP contribution >= 0.6 is 11.6 Å². The fourth-order valence-electron chi connectivity index (χ4n) is 4.99. The number of carbonyl (C=O) groups is 1. The molecule has 2 aromatic heterocycles. The Kier molecular flexibility index (Phi) is 9.79. The first-order chi connectivity index (χ1) is 17.7. The van der Waals surface area contributed by atoms with E-state index in [1.165, 1.54) is 32.1 Å². The molecule has 7 heteroatoms. The van der Waals surface area contributed by atoms with Crippen LogP contribution < -0.4 is 5.32 Å². The predicted molar refractivity (Wildman–Crippen MR) is 145 cm³/mol. The second-order valence-electron chi connectivity index (χ2n) is 9.68. The molecular formula is C29H37ClN4O2. The van der Waals surface area contributed by atoms with E-state index in [2.05, 4.69) is 33.8 Å². The summed E-state index contributed by atoms with van der Waals surface area (Å²) >= 11 is 6.43. The highest BCUT2D eigenvalue weighted by atomic mass is 35.5. The molecule has 0 aliphatic heterocycles. The number of amides is 1. The van der Waals surface area contributed by atoms with Gasteiger partial charge < -0.3 is 10.1 Å². The van der Waals surface area contributed by atoms with E-state index in [1.54, 1.807) is 0 Å². The van der Waals surface area contributed by atoms with E-state index in [9.17, 15) is 4.79 Å². The second kappa shape index (κ2) is 13.4. The third-order valence-electron chi connectivity index (χ3n) is 6.91. The maximum absolute atomic E-state index is 12.4. The number of unbranched alkanes of at least 4 members (excludes halogenated alkanes) is 5. The van der Waals surface area contributed by atoms with Crippen LogP contribution in [-0.2, 0) is 11.3 Å². The normalized spacial score (nSPS) is 18.1. The van der Waals surface area contributed by atoms with Gasteiger partial charge in [0.2, 0.25) is 0 Å². The minimum atomic E-state index is -0.368. The highest BCUT2D eigenvalue weighted by molar-refractivity contribution is 6.32. The molecule has 1 aliphatic rings. The number of nitrogens with zero attached hydrogens (tertiary/aromatic N) is 3. The number of benzene rings is 1. The Labute approximate surface area is 219 Å². The molecule has 1 N–H and O–H groups in total. The van der Waals surface area contributed by atoms with Crippen LogP contribution in [0.2, 0.25) is 5.15 Å². The quantitative estimate of drug-likeness (QED) is 0.269. The summed E-state index contributed by atoms with van der Waals surface area (Å²) in [6, 6.07) is 9.78. The Morgan fingerprint density at radius 1 is 1.14 bits per heavy atom. The first-order valence-electron chi connectivity index (χ1n) is 13.3. The van der Waals surface area contributed by atoms with Crippen LogP contribution in [0, 0.1) is 0 Å². The number of nitrogens with one attached hydrogen (secondary N) is 1. The number of hydrogen-bond acceptors (Lipinski definition) is 4. The minimum absolute atomic E-state index is 0.0544. The van der Waals surface area contributed by atoms with Gasteiger partial charge in [-0.2, -0.15) is 0 Å². The van der Waals surface area contributed by atoms with Crippen molar-refractivity contribution in [2.45, 2.75) is 89.7 Å². The molecule has 36 heavy (non-hydrogen) atoms. The number of carbonyl (C=O) groups excluding carboxylic acids is 1. The molecule has 0 saturated heterocycles. The number of hydrogen-bond donors (Lipinski definition) is 1. The van der Waals surface area contributed by atoms with Gasteiger partial charge in [0, 0.05) is 12.0 Å². The topological polar surface area (TPSA) is 68.5 Å². The van der Waals surface area contributed by atoms with Gasteiger partial charge in [-0.25, -0.2) is 14.8 Å². The Balaban J connectivity index is 1.40. The van der Waals surface area contributed by atoms with E-state index in [4.69, 9.17) is 21.3 Å². The van der Waals surface area contributed by atoms with Crippen molar-refractivity contribution in [1.82, 2.24) is 19.7 Å². The molecule has 0 bridgehead atoms. The Bertz CT molecular complexity index is 1140. The van der Waals surface area contributed by atoms with Crippen molar-refractivity contribution >= 4 is 29.3 Å². The summed E-state index contributed by atoms with van der Waals surface area (Å²) < 4.78 is 7.58. The molecule has 192 valence electrons. The van der Waals surface area contributed by atoms with Crippen LogP contribution in [0.15, 0.2) is 48.8 Å². The van der Waals surface area contributed by atoms with Crippen molar-refractivity contribution in [3.05, 3.63) is 71.0 Å². The molecule has 2 heterocycles. The number of halogens is 1.